The summed E-state index contributed by atoms with van der Waals surface area (Å²) >= 11 is 1.65. The van der Waals surface area contributed by atoms with Crippen LogP contribution in [0.15, 0.2) is 54.3 Å². The highest BCUT2D eigenvalue weighted by atomic mass is 32.1. The summed E-state index contributed by atoms with van der Waals surface area (Å²) < 4.78 is 0. The van der Waals surface area contributed by atoms with Crippen LogP contribution in [0.25, 0.3) is 32.7 Å². The van der Waals surface area contributed by atoms with Gasteiger partial charge in [0, 0.05) is 46.0 Å². The van der Waals surface area contributed by atoms with Crippen LogP contribution in [-0.2, 0) is 0 Å². The van der Waals surface area contributed by atoms with Crippen LogP contribution in [0.5, 0.6) is 0 Å². The molecule has 0 radical (unpaired) electrons. The van der Waals surface area contributed by atoms with Gasteiger partial charge in [0.15, 0.2) is 0 Å². The molecular formula is C17H13N3S. The van der Waals surface area contributed by atoms with E-state index in [0.29, 0.717) is 0 Å². The number of aromatic nitrogens is 3. The molecule has 0 fully saturated rings. The number of nitrogens with zero attached hydrogens (tertiary/aromatic N) is 2. The monoisotopic (exact) mass is 291 g/mol. The van der Waals surface area contributed by atoms with Gasteiger partial charge in [-0.15, -0.1) is 11.3 Å². The maximum atomic E-state index is 4.75. The second-order valence-electron chi connectivity index (χ2n) is 5.03. The predicted octanol–water partition coefficient (Wildman–Crippen LogP) is 4.66. The van der Waals surface area contributed by atoms with E-state index in [1.165, 1.54) is 10.9 Å². The van der Waals surface area contributed by atoms with Crippen LogP contribution in [0.3, 0.4) is 0 Å². The summed E-state index contributed by atoms with van der Waals surface area (Å²) in [4.78, 5) is 12.2. The molecule has 0 atom stereocenters. The minimum Gasteiger partial charge on any atom is -0.360 e. The minimum absolute atomic E-state index is 1.000. The lowest BCUT2D eigenvalue weighted by Gasteiger charge is -1.96. The third kappa shape index (κ3) is 2.14. The van der Waals surface area contributed by atoms with Crippen molar-refractivity contribution in [2.75, 3.05) is 0 Å². The Hall–Kier alpha value is -2.46. The first kappa shape index (κ1) is 12.3. The molecule has 3 heterocycles. The predicted molar refractivity (Wildman–Crippen MR) is 87.4 cm³/mol. The van der Waals surface area contributed by atoms with Crippen molar-refractivity contribution in [2.24, 2.45) is 0 Å². The lowest BCUT2D eigenvalue weighted by Crippen LogP contribution is -1.79. The molecule has 0 unspecified atom stereocenters. The lowest BCUT2D eigenvalue weighted by atomic mass is 10.1. The summed E-state index contributed by atoms with van der Waals surface area (Å²) in [6.45, 7) is 2.10. The summed E-state index contributed by atoms with van der Waals surface area (Å²) in [5, 5.41) is 4.31. The van der Waals surface area contributed by atoms with E-state index in [2.05, 4.69) is 40.5 Å². The molecule has 0 aliphatic carbocycles. The van der Waals surface area contributed by atoms with E-state index in [1.807, 2.05) is 24.5 Å². The molecule has 0 bridgehead atoms. The van der Waals surface area contributed by atoms with E-state index in [4.69, 9.17) is 4.98 Å². The van der Waals surface area contributed by atoms with Gasteiger partial charge in [-0.2, -0.15) is 0 Å². The van der Waals surface area contributed by atoms with Crippen molar-refractivity contribution in [1.29, 1.82) is 0 Å². The van der Waals surface area contributed by atoms with Crippen LogP contribution in [0.1, 0.15) is 5.56 Å². The first-order valence-corrected chi connectivity index (χ1v) is 7.63. The average Bonchev–Trinajstić information content (AvgIpc) is 3.13. The summed E-state index contributed by atoms with van der Waals surface area (Å²) in [5.74, 6) is 0. The number of aromatic amines is 1. The number of H-pyrrole nitrogens is 1. The second kappa shape index (κ2) is 4.82. The Morgan fingerprint density at radius 1 is 1.19 bits per heavy atom. The van der Waals surface area contributed by atoms with E-state index < -0.39 is 0 Å². The van der Waals surface area contributed by atoms with Crippen molar-refractivity contribution in [1.82, 2.24) is 15.0 Å². The molecule has 4 rings (SSSR count). The number of thiazole rings is 1. The van der Waals surface area contributed by atoms with E-state index in [9.17, 15) is 0 Å². The quantitative estimate of drug-likeness (QED) is 0.583. The third-order valence-corrected chi connectivity index (χ3v) is 4.42. The van der Waals surface area contributed by atoms with Gasteiger partial charge in [-0.25, -0.2) is 4.98 Å². The highest BCUT2D eigenvalue weighted by Gasteiger charge is 2.11. The summed E-state index contributed by atoms with van der Waals surface area (Å²) in [7, 11) is 0. The average molecular weight is 291 g/mol. The zero-order valence-electron chi connectivity index (χ0n) is 11.5. The van der Waals surface area contributed by atoms with Crippen LogP contribution in [0.2, 0.25) is 0 Å². The Kier molecular flexibility index (Phi) is 2.82. The van der Waals surface area contributed by atoms with Crippen LogP contribution in [0, 0.1) is 6.92 Å². The van der Waals surface area contributed by atoms with Crippen LogP contribution in [0.4, 0.5) is 0 Å². The van der Waals surface area contributed by atoms with Crippen molar-refractivity contribution < 1.29 is 0 Å². The number of benzene rings is 1. The molecule has 1 N–H and O–H groups in total. The summed E-state index contributed by atoms with van der Waals surface area (Å²) in [6.07, 6.45) is 5.66. The van der Waals surface area contributed by atoms with Crippen LogP contribution >= 0.6 is 11.3 Å². The van der Waals surface area contributed by atoms with Crippen molar-refractivity contribution >= 4 is 22.2 Å². The van der Waals surface area contributed by atoms with Gasteiger partial charge in [-0.3, -0.25) is 4.98 Å². The molecule has 0 spiro atoms. The number of rotatable bonds is 2. The molecular weight excluding hydrogens is 278 g/mol. The van der Waals surface area contributed by atoms with E-state index in [0.717, 1.165) is 27.3 Å². The molecule has 0 saturated carbocycles. The zero-order chi connectivity index (χ0) is 14.2. The minimum atomic E-state index is 1.000. The number of hydrogen-bond acceptors (Lipinski definition) is 3. The van der Waals surface area contributed by atoms with Crippen molar-refractivity contribution in [3.05, 3.63) is 59.9 Å². The van der Waals surface area contributed by atoms with E-state index >= 15 is 0 Å². The fourth-order valence-electron chi connectivity index (χ4n) is 2.47. The third-order valence-electron chi connectivity index (χ3n) is 3.53. The molecule has 0 saturated heterocycles. The fraction of sp³-hybridized carbons (Fsp3) is 0.0588. The standard InChI is InChI=1S/C17H13N3S/c1-11-4-5-13-14(9-19-15(13)7-11)16-10-21-17(20-16)12-3-2-6-18-8-12/h2-10,19H,1H3. The van der Waals surface area contributed by atoms with Crippen LogP contribution in [-0.4, -0.2) is 15.0 Å². The molecule has 3 aromatic heterocycles. The van der Waals surface area contributed by atoms with Gasteiger partial charge < -0.3 is 4.98 Å². The Bertz CT molecular complexity index is 906. The molecule has 0 aliphatic rings. The van der Waals surface area contributed by atoms with Gasteiger partial charge in [0.2, 0.25) is 0 Å². The van der Waals surface area contributed by atoms with Gasteiger partial charge in [0.1, 0.15) is 5.01 Å². The topological polar surface area (TPSA) is 41.6 Å². The molecule has 0 amide bonds. The van der Waals surface area contributed by atoms with Gasteiger partial charge in [-0.1, -0.05) is 12.1 Å². The zero-order valence-corrected chi connectivity index (χ0v) is 12.3. The normalized spacial score (nSPS) is 11.1. The molecule has 102 valence electrons. The van der Waals surface area contributed by atoms with Gasteiger partial charge in [-0.05, 0) is 30.7 Å². The van der Waals surface area contributed by atoms with E-state index in [-0.39, 0.29) is 0 Å². The highest BCUT2D eigenvalue weighted by Crippen LogP contribution is 2.32. The first-order valence-electron chi connectivity index (χ1n) is 6.75. The van der Waals surface area contributed by atoms with Gasteiger partial charge in [0.05, 0.1) is 5.69 Å². The van der Waals surface area contributed by atoms with Gasteiger partial charge >= 0.3 is 0 Å². The Morgan fingerprint density at radius 3 is 3.00 bits per heavy atom. The number of fused-ring (bicyclic) bond motifs is 1. The Balaban J connectivity index is 1.81. The Labute approximate surface area is 126 Å². The number of aryl methyl sites for hydroxylation is 1. The fourth-order valence-corrected chi connectivity index (χ4v) is 3.28. The molecule has 0 aliphatic heterocycles. The molecule has 1 aromatic carbocycles. The molecule has 3 nitrogen and oxygen atoms in total. The lowest BCUT2D eigenvalue weighted by molar-refractivity contribution is 1.31. The van der Waals surface area contributed by atoms with Crippen LogP contribution < -0.4 is 0 Å². The maximum Gasteiger partial charge on any atom is 0.125 e. The first-order chi connectivity index (χ1) is 10.3. The summed E-state index contributed by atoms with van der Waals surface area (Å²) in [6, 6.07) is 10.4. The van der Waals surface area contributed by atoms with Crippen molar-refractivity contribution in [3.63, 3.8) is 0 Å². The number of hydrogen-bond donors (Lipinski definition) is 1. The highest BCUT2D eigenvalue weighted by molar-refractivity contribution is 7.13. The van der Waals surface area contributed by atoms with Crippen molar-refractivity contribution in [2.45, 2.75) is 6.92 Å². The SMILES string of the molecule is Cc1ccc2c(-c3csc(-c4cccnc4)n3)c[nH]c2c1. The summed E-state index contributed by atoms with van der Waals surface area (Å²) in [5.41, 5.74) is 5.63. The van der Waals surface area contributed by atoms with Crippen molar-refractivity contribution in [3.8, 4) is 21.8 Å². The largest absolute Gasteiger partial charge is 0.360 e. The second-order valence-corrected chi connectivity index (χ2v) is 5.89. The number of nitrogens with one attached hydrogen (secondary N) is 1. The Morgan fingerprint density at radius 2 is 2.14 bits per heavy atom. The van der Waals surface area contributed by atoms with Gasteiger partial charge in [0.25, 0.3) is 0 Å². The number of pyridine rings is 1. The smallest absolute Gasteiger partial charge is 0.125 e. The molecule has 4 aromatic rings. The molecule has 21 heavy (non-hydrogen) atoms. The van der Waals surface area contributed by atoms with E-state index in [1.54, 1.807) is 17.5 Å². The molecule has 4 heteroatoms. The maximum absolute atomic E-state index is 4.75.